The van der Waals surface area contributed by atoms with Crippen LogP contribution in [0, 0.1) is 6.92 Å². The van der Waals surface area contributed by atoms with Gasteiger partial charge < -0.3 is 20.6 Å². The van der Waals surface area contributed by atoms with Gasteiger partial charge in [0, 0.05) is 31.7 Å². The van der Waals surface area contributed by atoms with Gasteiger partial charge in [-0.25, -0.2) is 4.98 Å². The number of rotatable bonds is 5. The number of aryl methyl sites for hydroxylation is 1. The normalized spacial score (nSPS) is 17.4. The molecule has 0 spiro atoms. The van der Waals surface area contributed by atoms with Crippen LogP contribution >= 0.6 is 24.0 Å². The van der Waals surface area contributed by atoms with Crippen LogP contribution in [-0.4, -0.2) is 59.1 Å². The van der Waals surface area contributed by atoms with Crippen molar-refractivity contribution >= 4 is 41.7 Å². The van der Waals surface area contributed by atoms with Crippen LogP contribution in [0.2, 0.25) is 0 Å². The molecule has 0 aliphatic carbocycles. The maximum absolute atomic E-state index is 11.9. The lowest BCUT2D eigenvalue weighted by molar-refractivity contribution is -0.116. The lowest BCUT2D eigenvalue weighted by atomic mass is 10.3. The van der Waals surface area contributed by atoms with Gasteiger partial charge in [0.1, 0.15) is 5.82 Å². The highest BCUT2D eigenvalue weighted by atomic mass is 127. The van der Waals surface area contributed by atoms with Crippen LogP contribution in [-0.2, 0) is 4.79 Å². The number of aliphatic imine (C=N–C) groups is 1. The number of guanidine groups is 1. The van der Waals surface area contributed by atoms with E-state index in [9.17, 15) is 9.90 Å². The Kier molecular flexibility index (Phi) is 8.98. The summed E-state index contributed by atoms with van der Waals surface area (Å²) in [5.74, 6) is 1.21. The van der Waals surface area contributed by atoms with Gasteiger partial charge in [0.05, 0.1) is 12.6 Å². The molecule has 0 unspecified atom stereocenters. The minimum Gasteiger partial charge on any atom is -0.391 e. The number of likely N-dealkylation sites (tertiary alicyclic amines) is 1. The smallest absolute Gasteiger partial charge is 0.227 e. The molecule has 8 heteroatoms. The number of nitrogens with zero attached hydrogens (tertiary/aromatic N) is 3. The van der Waals surface area contributed by atoms with E-state index < -0.39 is 0 Å². The van der Waals surface area contributed by atoms with Gasteiger partial charge >= 0.3 is 0 Å². The van der Waals surface area contributed by atoms with Crippen molar-refractivity contribution in [3.05, 3.63) is 23.9 Å². The van der Waals surface area contributed by atoms with E-state index in [0.717, 1.165) is 31.2 Å². The first-order valence-corrected chi connectivity index (χ1v) is 8.03. The third kappa shape index (κ3) is 6.60. The molecule has 3 N–H and O–H groups in total. The molecule has 1 aliphatic heterocycles. The molecule has 24 heavy (non-hydrogen) atoms. The number of aliphatic hydroxyl groups excluding tert-OH is 1. The van der Waals surface area contributed by atoms with Crippen LogP contribution in [0.3, 0.4) is 0 Å². The second-order valence-electron chi connectivity index (χ2n) is 5.59. The second-order valence-corrected chi connectivity index (χ2v) is 5.59. The number of nitrogens with one attached hydrogen (secondary N) is 2. The molecule has 0 bridgehead atoms. The zero-order valence-electron chi connectivity index (χ0n) is 14.2. The van der Waals surface area contributed by atoms with Crippen molar-refractivity contribution in [1.82, 2.24) is 15.2 Å². The first-order chi connectivity index (χ1) is 11.1. The Labute approximate surface area is 160 Å². The number of hydrogen-bond donors (Lipinski definition) is 3. The van der Waals surface area contributed by atoms with Crippen LogP contribution < -0.4 is 10.6 Å². The number of aromatic nitrogens is 1. The van der Waals surface area contributed by atoms with E-state index in [-0.39, 0.29) is 36.0 Å². The van der Waals surface area contributed by atoms with Gasteiger partial charge in [-0.1, -0.05) is 6.07 Å². The van der Waals surface area contributed by atoms with Crippen LogP contribution in [0.1, 0.15) is 25.5 Å². The number of β-amino-alcohol motifs (C(OH)–C–C–N with tert-alkyl or cyclic N) is 1. The quantitative estimate of drug-likeness (QED) is 0.361. The van der Waals surface area contributed by atoms with Gasteiger partial charge in [0.15, 0.2) is 5.96 Å². The van der Waals surface area contributed by atoms with Crippen molar-refractivity contribution in [1.29, 1.82) is 0 Å². The summed E-state index contributed by atoms with van der Waals surface area (Å²) in [6, 6.07) is 5.51. The third-order valence-corrected chi connectivity index (χ3v) is 3.55. The summed E-state index contributed by atoms with van der Waals surface area (Å²) < 4.78 is 0. The van der Waals surface area contributed by atoms with E-state index in [2.05, 4.69) is 20.6 Å². The molecule has 1 aromatic rings. The predicted octanol–water partition coefficient (Wildman–Crippen LogP) is 1.37. The number of carbonyl (C=O) groups excluding carboxylic acids is 1. The van der Waals surface area contributed by atoms with Gasteiger partial charge in [-0.05, 0) is 32.4 Å². The lowest BCUT2D eigenvalue weighted by Crippen LogP contribution is -2.40. The third-order valence-electron chi connectivity index (χ3n) is 3.55. The van der Waals surface area contributed by atoms with Crippen LogP contribution in [0.15, 0.2) is 23.2 Å². The zero-order chi connectivity index (χ0) is 16.7. The monoisotopic (exact) mass is 447 g/mol. The van der Waals surface area contributed by atoms with Gasteiger partial charge in [-0.2, -0.15) is 0 Å². The molecular formula is C16H26IN5O2. The topological polar surface area (TPSA) is 89.8 Å². The molecule has 2 rings (SSSR count). The van der Waals surface area contributed by atoms with Crippen LogP contribution in [0.4, 0.5) is 5.82 Å². The SMILES string of the molecule is CCNC(=NCCC(=O)Nc1cccc(C)n1)N1CC[C@@H](O)C1.I. The molecule has 1 aromatic heterocycles. The van der Waals surface area contributed by atoms with E-state index in [1.807, 2.05) is 30.9 Å². The fourth-order valence-electron chi connectivity index (χ4n) is 2.44. The highest BCUT2D eigenvalue weighted by Gasteiger charge is 2.22. The average Bonchev–Trinajstić information content (AvgIpc) is 2.93. The highest BCUT2D eigenvalue weighted by Crippen LogP contribution is 2.09. The standard InChI is InChI=1S/C16H25N5O2.HI/c1-3-17-16(21-10-8-13(22)11-21)18-9-7-15(23)20-14-6-4-5-12(2)19-14;/h4-6,13,22H,3,7-11H2,1-2H3,(H,17,18)(H,19,20,23);1H/t13-;/m1./s1. The Hall–Kier alpha value is -1.42. The first kappa shape index (κ1) is 20.6. The molecule has 1 fully saturated rings. The van der Waals surface area contributed by atoms with E-state index >= 15 is 0 Å². The van der Waals surface area contributed by atoms with Gasteiger partial charge in [-0.15, -0.1) is 24.0 Å². The van der Waals surface area contributed by atoms with Crippen molar-refractivity contribution in [2.24, 2.45) is 4.99 Å². The maximum atomic E-state index is 11.9. The Morgan fingerprint density at radius 1 is 1.50 bits per heavy atom. The van der Waals surface area contributed by atoms with Crippen molar-refractivity contribution in [2.45, 2.75) is 32.8 Å². The Bertz CT molecular complexity index is 567. The molecular weight excluding hydrogens is 421 g/mol. The summed E-state index contributed by atoms with van der Waals surface area (Å²) in [5, 5.41) is 15.6. The number of halogens is 1. The molecule has 1 amide bonds. The van der Waals surface area contributed by atoms with E-state index in [1.54, 1.807) is 6.07 Å². The van der Waals surface area contributed by atoms with Crippen LogP contribution in [0.25, 0.3) is 0 Å². The van der Waals surface area contributed by atoms with Gasteiger partial charge in [0.2, 0.25) is 5.91 Å². The second kappa shape index (κ2) is 10.4. The molecule has 1 aliphatic rings. The van der Waals surface area contributed by atoms with Gasteiger partial charge in [0.25, 0.3) is 0 Å². The van der Waals surface area contributed by atoms with E-state index in [1.165, 1.54) is 0 Å². The number of anilines is 1. The van der Waals surface area contributed by atoms with Gasteiger partial charge in [-0.3, -0.25) is 9.79 Å². The largest absolute Gasteiger partial charge is 0.391 e. The minimum absolute atomic E-state index is 0. The summed E-state index contributed by atoms with van der Waals surface area (Å²) in [6.07, 6.45) is 0.750. The summed E-state index contributed by atoms with van der Waals surface area (Å²) in [6.45, 7) is 6.40. The van der Waals surface area contributed by atoms with Crippen molar-refractivity contribution in [3.8, 4) is 0 Å². The Morgan fingerprint density at radius 3 is 2.92 bits per heavy atom. The molecule has 134 valence electrons. The molecule has 1 saturated heterocycles. The fourth-order valence-corrected chi connectivity index (χ4v) is 2.44. The molecule has 7 nitrogen and oxygen atoms in total. The number of amides is 1. The number of hydrogen-bond acceptors (Lipinski definition) is 4. The predicted molar refractivity (Wildman–Crippen MR) is 106 cm³/mol. The molecule has 0 saturated carbocycles. The van der Waals surface area contributed by atoms with Crippen molar-refractivity contribution in [3.63, 3.8) is 0 Å². The number of carbonyl (C=O) groups is 1. The molecule has 1 atom stereocenters. The van der Waals surface area contributed by atoms with E-state index in [0.29, 0.717) is 25.3 Å². The maximum Gasteiger partial charge on any atom is 0.227 e. The summed E-state index contributed by atoms with van der Waals surface area (Å²) >= 11 is 0. The van der Waals surface area contributed by atoms with E-state index in [4.69, 9.17) is 0 Å². The van der Waals surface area contributed by atoms with Crippen molar-refractivity contribution < 1.29 is 9.90 Å². The Morgan fingerprint density at radius 2 is 2.29 bits per heavy atom. The number of aliphatic hydroxyl groups is 1. The fraction of sp³-hybridized carbons (Fsp3) is 0.562. The van der Waals surface area contributed by atoms with Crippen LogP contribution in [0.5, 0.6) is 0 Å². The molecule has 0 radical (unpaired) electrons. The minimum atomic E-state index is -0.297. The molecule has 0 aromatic carbocycles. The summed E-state index contributed by atoms with van der Waals surface area (Å²) in [4.78, 5) is 22.7. The lowest BCUT2D eigenvalue weighted by Gasteiger charge is -2.20. The number of pyridine rings is 1. The first-order valence-electron chi connectivity index (χ1n) is 8.03. The van der Waals surface area contributed by atoms with Crippen molar-refractivity contribution in [2.75, 3.05) is 31.5 Å². The highest BCUT2D eigenvalue weighted by molar-refractivity contribution is 14.0. The Balaban J connectivity index is 0.00000288. The average molecular weight is 447 g/mol. The summed E-state index contributed by atoms with van der Waals surface area (Å²) in [7, 11) is 0. The molecule has 2 heterocycles. The summed E-state index contributed by atoms with van der Waals surface area (Å²) in [5.41, 5.74) is 0.864. The zero-order valence-corrected chi connectivity index (χ0v) is 16.5.